The van der Waals surface area contributed by atoms with Crippen LogP contribution in [0.25, 0.3) is 11.4 Å². The Kier molecular flexibility index (Phi) is 3.79. The Bertz CT molecular complexity index is 721. The molecule has 1 amide bonds. The highest BCUT2D eigenvalue weighted by atomic mass is 32.1. The van der Waals surface area contributed by atoms with Crippen LogP contribution in [-0.2, 0) is 0 Å². The zero-order valence-electron chi connectivity index (χ0n) is 11.4. The van der Waals surface area contributed by atoms with Crippen molar-refractivity contribution in [1.29, 1.82) is 0 Å². The van der Waals surface area contributed by atoms with Gasteiger partial charge >= 0.3 is 0 Å². The molecule has 0 aromatic carbocycles. The Labute approximate surface area is 126 Å². The standard InChI is InChI=1S/C15H14N4OS/c1-10(11-5-7-21-9-11)17-15(20)14-8-13(18-19-14)12-4-2-3-6-16-12/h2-10H,1H3,(H,17,20)(H,18,19). The van der Waals surface area contributed by atoms with Gasteiger partial charge in [-0.15, -0.1) is 0 Å². The summed E-state index contributed by atoms with van der Waals surface area (Å²) in [6.45, 7) is 1.95. The number of hydrogen-bond acceptors (Lipinski definition) is 4. The average molecular weight is 298 g/mol. The molecule has 2 N–H and O–H groups in total. The minimum atomic E-state index is -0.177. The molecule has 0 saturated heterocycles. The number of pyridine rings is 1. The van der Waals surface area contributed by atoms with Gasteiger partial charge in [-0.2, -0.15) is 16.4 Å². The maximum absolute atomic E-state index is 12.2. The van der Waals surface area contributed by atoms with E-state index in [1.807, 2.05) is 41.9 Å². The third kappa shape index (κ3) is 3.00. The second-order valence-electron chi connectivity index (χ2n) is 4.63. The molecule has 0 spiro atoms. The summed E-state index contributed by atoms with van der Waals surface area (Å²) in [6, 6.07) is 9.25. The lowest BCUT2D eigenvalue weighted by Gasteiger charge is -2.11. The highest BCUT2D eigenvalue weighted by molar-refractivity contribution is 7.07. The molecule has 0 aliphatic rings. The normalized spacial score (nSPS) is 12.0. The summed E-state index contributed by atoms with van der Waals surface area (Å²) in [5.74, 6) is -0.177. The summed E-state index contributed by atoms with van der Waals surface area (Å²) in [6.07, 6.45) is 1.70. The van der Waals surface area contributed by atoms with Crippen molar-refractivity contribution in [2.75, 3.05) is 0 Å². The van der Waals surface area contributed by atoms with Gasteiger partial charge in [0.15, 0.2) is 0 Å². The minimum absolute atomic E-state index is 0.0367. The first-order valence-electron chi connectivity index (χ1n) is 6.54. The van der Waals surface area contributed by atoms with Crippen LogP contribution in [0.3, 0.4) is 0 Å². The molecule has 3 rings (SSSR count). The summed E-state index contributed by atoms with van der Waals surface area (Å²) < 4.78 is 0. The number of nitrogens with zero attached hydrogens (tertiary/aromatic N) is 2. The molecule has 6 heteroatoms. The number of carbonyl (C=O) groups excluding carboxylic acids is 1. The molecule has 106 valence electrons. The van der Waals surface area contributed by atoms with Crippen molar-refractivity contribution in [3.8, 4) is 11.4 Å². The average Bonchev–Trinajstić information content (AvgIpc) is 3.20. The van der Waals surface area contributed by atoms with Crippen molar-refractivity contribution in [3.63, 3.8) is 0 Å². The molecule has 1 unspecified atom stereocenters. The summed E-state index contributed by atoms with van der Waals surface area (Å²) in [5.41, 5.74) is 2.91. The van der Waals surface area contributed by atoms with Crippen molar-refractivity contribution in [2.45, 2.75) is 13.0 Å². The Morgan fingerprint density at radius 2 is 2.24 bits per heavy atom. The van der Waals surface area contributed by atoms with Gasteiger partial charge in [-0.25, -0.2) is 0 Å². The second kappa shape index (κ2) is 5.88. The first-order valence-corrected chi connectivity index (χ1v) is 7.48. The van der Waals surface area contributed by atoms with E-state index in [1.165, 1.54) is 0 Å². The molecule has 1 atom stereocenters. The van der Waals surface area contributed by atoms with Crippen LogP contribution in [0.15, 0.2) is 47.3 Å². The van der Waals surface area contributed by atoms with E-state index in [-0.39, 0.29) is 11.9 Å². The fraction of sp³-hybridized carbons (Fsp3) is 0.133. The quantitative estimate of drug-likeness (QED) is 0.777. The number of carbonyl (C=O) groups is 1. The van der Waals surface area contributed by atoms with Crippen molar-refractivity contribution < 1.29 is 4.79 Å². The maximum atomic E-state index is 12.2. The summed E-state index contributed by atoms with van der Waals surface area (Å²) >= 11 is 1.61. The van der Waals surface area contributed by atoms with Crippen molar-refractivity contribution >= 4 is 17.2 Å². The van der Waals surface area contributed by atoms with Crippen LogP contribution in [0, 0.1) is 0 Å². The number of thiophene rings is 1. The minimum Gasteiger partial charge on any atom is -0.344 e. The van der Waals surface area contributed by atoms with Crippen LogP contribution in [0.4, 0.5) is 0 Å². The van der Waals surface area contributed by atoms with Gasteiger partial charge in [0.25, 0.3) is 5.91 Å². The zero-order chi connectivity index (χ0) is 14.7. The molecule has 0 aliphatic carbocycles. The first kappa shape index (κ1) is 13.5. The Morgan fingerprint density at radius 3 is 2.95 bits per heavy atom. The Hall–Kier alpha value is -2.47. The van der Waals surface area contributed by atoms with Crippen molar-refractivity contribution in [2.24, 2.45) is 0 Å². The molecule has 3 aromatic heterocycles. The van der Waals surface area contributed by atoms with Gasteiger partial charge in [-0.1, -0.05) is 6.07 Å². The molecule has 0 saturated carbocycles. The molecule has 3 heterocycles. The fourth-order valence-corrected chi connectivity index (χ4v) is 2.72. The van der Waals surface area contributed by atoms with E-state index < -0.39 is 0 Å². The van der Waals surface area contributed by atoms with Gasteiger partial charge in [0, 0.05) is 6.20 Å². The number of H-pyrrole nitrogens is 1. The smallest absolute Gasteiger partial charge is 0.269 e. The number of rotatable bonds is 4. The van der Waals surface area contributed by atoms with E-state index >= 15 is 0 Å². The molecule has 3 aromatic rings. The number of amides is 1. The van der Waals surface area contributed by atoms with Crippen LogP contribution in [0.2, 0.25) is 0 Å². The van der Waals surface area contributed by atoms with Gasteiger partial charge in [0.1, 0.15) is 11.4 Å². The third-order valence-electron chi connectivity index (χ3n) is 3.14. The number of aromatic nitrogens is 3. The van der Waals surface area contributed by atoms with Crippen LogP contribution in [0.5, 0.6) is 0 Å². The van der Waals surface area contributed by atoms with Crippen molar-refractivity contribution in [3.05, 3.63) is 58.5 Å². The van der Waals surface area contributed by atoms with Crippen LogP contribution in [0.1, 0.15) is 29.0 Å². The van der Waals surface area contributed by atoms with Crippen LogP contribution in [-0.4, -0.2) is 21.1 Å². The van der Waals surface area contributed by atoms with Gasteiger partial charge in [-0.05, 0) is 47.5 Å². The zero-order valence-corrected chi connectivity index (χ0v) is 12.2. The Balaban J connectivity index is 1.73. The van der Waals surface area contributed by atoms with Crippen LogP contribution < -0.4 is 5.32 Å². The van der Waals surface area contributed by atoms with E-state index in [4.69, 9.17) is 0 Å². The number of hydrogen-bond donors (Lipinski definition) is 2. The molecular weight excluding hydrogens is 284 g/mol. The van der Waals surface area contributed by atoms with E-state index in [0.717, 1.165) is 11.3 Å². The highest BCUT2D eigenvalue weighted by Gasteiger charge is 2.15. The van der Waals surface area contributed by atoms with Gasteiger partial charge < -0.3 is 5.32 Å². The molecule has 0 bridgehead atoms. The molecule has 0 aliphatic heterocycles. The second-order valence-corrected chi connectivity index (χ2v) is 5.41. The number of aromatic amines is 1. The molecular formula is C15H14N4OS. The van der Waals surface area contributed by atoms with E-state index in [9.17, 15) is 4.79 Å². The number of nitrogens with one attached hydrogen (secondary N) is 2. The summed E-state index contributed by atoms with van der Waals surface area (Å²) in [5, 5.41) is 13.8. The monoisotopic (exact) mass is 298 g/mol. The highest BCUT2D eigenvalue weighted by Crippen LogP contribution is 2.17. The lowest BCUT2D eigenvalue weighted by molar-refractivity contribution is 0.0935. The maximum Gasteiger partial charge on any atom is 0.269 e. The van der Waals surface area contributed by atoms with Crippen LogP contribution >= 0.6 is 11.3 Å². The topological polar surface area (TPSA) is 70.7 Å². The van der Waals surface area contributed by atoms with Crippen molar-refractivity contribution in [1.82, 2.24) is 20.5 Å². The first-order chi connectivity index (χ1) is 10.2. The third-order valence-corrected chi connectivity index (χ3v) is 3.84. The SMILES string of the molecule is CC(NC(=O)c1cc(-c2ccccn2)n[nH]1)c1ccsc1. The van der Waals surface area contributed by atoms with Gasteiger partial charge in [-0.3, -0.25) is 14.9 Å². The lowest BCUT2D eigenvalue weighted by Crippen LogP contribution is -2.26. The van der Waals surface area contributed by atoms with E-state index in [0.29, 0.717) is 11.4 Å². The predicted molar refractivity (Wildman–Crippen MR) is 82.0 cm³/mol. The summed E-state index contributed by atoms with van der Waals surface area (Å²) in [7, 11) is 0. The fourth-order valence-electron chi connectivity index (χ4n) is 1.96. The van der Waals surface area contributed by atoms with E-state index in [1.54, 1.807) is 23.6 Å². The molecule has 0 radical (unpaired) electrons. The largest absolute Gasteiger partial charge is 0.344 e. The lowest BCUT2D eigenvalue weighted by atomic mass is 10.2. The summed E-state index contributed by atoms with van der Waals surface area (Å²) in [4.78, 5) is 16.4. The predicted octanol–water partition coefficient (Wildman–Crippen LogP) is 3.02. The molecule has 0 fully saturated rings. The van der Waals surface area contributed by atoms with Gasteiger partial charge in [0.2, 0.25) is 0 Å². The molecule has 21 heavy (non-hydrogen) atoms. The van der Waals surface area contributed by atoms with Gasteiger partial charge in [0.05, 0.1) is 11.7 Å². The Morgan fingerprint density at radius 1 is 1.33 bits per heavy atom. The van der Waals surface area contributed by atoms with E-state index in [2.05, 4.69) is 20.5 Å². The molecule has 5 nitrogen and oxygen atoms in total.